The highest BCUT2D eigenvalue weighted by Gasteiger charge is 2.03. The smallest absolute Gasteiger partial charge is 0.337 e. The van der Waals surface area contributed by atoms with Gasteiger partial charge >= 0.3 is 5.97 Å². The van der Waals surface area contributed by atoms with Crippen LogP contribution in [0.4, 0.5) is 5.69 Å². The number of nitrogens with one attached hydrogen (secondary N) is 1. The summed E-state index contributed by atoms with van der Waals surface area (Å²) in [7, 11) is 0.227. The van der Waals surface area contributed by atoms with Crippen LogP contribution in [0.2, 0.25) is 0 Å². The van der Waals surface area contributed by atoms with E-state index in [4.69, 9.17) is 0 Å². The number of anilines is 1. The van der Waals surface area contributed by atoms with Crippen molar-refractivity contribution in [2.24, 2.45) is 0 Å². The SMILES string of the molecule is COC(=O)c1ccc(NS(C)=O)cc1. The molecule has 5 heteroatoms. The summed E-state index contributed by atoms with van der Waals surface area (Å²) in [5.74, 6) is -0.380. The normalized spacial score (nSPS) is 11.9. The van der Waals surface area contributed by atoms with Crippen LogP contribution < -0.4 is 4.72 Å². The maximum atomic E-state index is 11.0. The monoisotopic (exact) mass is 213 g/mol. The van der Waals surface area contributed by atoms with Crippen LogP contribution in [0.15, 0.2) is 24.3 Å². The van der Waals surface area contributed by atoms with Gasteiger partial charge < -0.3 is 9.46 Å². The van der Waals surface area contributed by atoms with E-state index >= 15 is 0 Å². The minimum atomic E-state index is -1.10. The Bertz CT molecular complexity index is 348. The number of carbonyl (C=O) groups is 1. The average Bonchev–Trinajstić information content (AvgIpc) is 2.17. The lowest BCUT2D eigenvalue weighted by atomic mass is 10.2. The Morgan fingerprint density at radius 1 is 1.36 bits per heavy atom. The fourth-order valence-corrected chi connectivity index (χ4v) is 1.43. The van der Waals surface area contributed by atoms with Gasteiger partial charge in [0.2, 0.25) is 0 Å². The third-order valence-electron chi connectivity index (χ3n) is 1.57. The zero-order valence-electron chi connectivity index (χ0n) is 7.94. The largest absolute Gasteiger partial charge is 0.465 e. The van der Waals surface area contributed by atoms with Crippen LogP contribution in [-0.2, 0) is 15.7 Å². The van der Waals surface area contributed by atoms with Gasteiger partial charge in [0.1, 0.15) is 11.0 Å². The third kappa shape index (κ3) is 2.85. The van der Waals surface area contributed by atoms with Gasteiger partial charge in [0.15, 0.2) is 0 Å². The van der Waals surface area contributed by atoms with E-state index in [-0.39, 0.29) is 5.97 Å². The molecule has 0 fully saturated rings. The standard InChI is InChI=1S/C9H11NO3S/c1-13-9(11)7-3-5-8(6-4-7)10-14(2)12/h3-6,10H,1-2H3. The second kappa shape index (κ2) is 4.76. The highest BCUT2D eigenvalue weighted by atomic mass is 32.2. The van der Waals surface area contributed by atoms with Gasteiger partial charge in [0, 0.05) is 11.9 Å². The summed E-state index contributed by atoms with van der Waals surface area (Å²) in [6.45, 7) is 0. The molecule has 0 aliphatic carbocycles. The van der Waals surface area contributed by atoms with E-state index in [1.165, 1.54) is 13.4 Å². The number of methoxy groups -OCH3 is 1. The number of esters is 1. The number of rotatable bonds is 3. The average molecular weight is 213 g/mol. The summed E-state index contributed by atoms with van der Waals surface area (Å²) in [6, 6.07) is 6.57. The van der Waals surface area contributed by atoms with Gasteiger partial charge in [-0.1, -0.05) is 0 Å². The molecule has 0 amide bonds. The van der Waals surface area contributed by atoms with Crippen LogP contribution in [0.5, 0.6) is 0 Å². The van der Waals surface area contributed by atoms with Crippen LogP contribution in [0.3, 0.4) is 0 Å². The van der Waals surface area contributed by atoms with Gasteiger partial charge in [-0.25, -0.2) is 9.00 Å². The zero-order valence-corrected chi connectivity index (χ0v) is 8.76. The summed E-state index contributed by atoms with van der Waals surface area (Å²) in [5, 5.41) is 0. The second-order valence-corrected chi connectivity index (χ2v) is 3.74. The fourth-order valence-electron chi connectivity index (χ4n) is 0.958. The van der Waals surface area contributed by atoms with Crippen molar-refractivity contribution in [3.8, 4) is 0 Å². The molecular weight excluding hydrogens is 202 g/mol. The topological polar surface area (TPSA) is 55.4 Å². The van der Waals surface area contributed by atoms with Gasteiger partial charge in [0.05, 0.1) is 12.7 Å². The summed E-state index contributed by atoms with van der Waals surface area (Å²) in [4.78, 5) is 11.0. The first-order valence-electron chi connectivity index (χ1n) is 3.92. The van der Waals surface area contributed by atoms with Crippen molar-refractivity contribution in [1.29, 1.82) is 0 Å². The molecule has 0 spiro atoms. The molecular formula is C9H11NO3S. The van der Waals surface area contributed by atoms with Crippen molar-refractivity contribution in [3.05, 3.63) is 29.8 Å². The summed E-state index contributed by atoms with van der Waals surface area (Å²) in [5.41, 5.74) is 1.18. The van der Waals surface area contributed by atoms with E-state index in [1.54, 1.807) is 24.3 Å². The predicted octanol–water partition coefficient (Wildman–Crippen LogP) is 1.18. The van der Waals surface area contributed by atoms with E-state index in [9.17, 15) is 9.00 Å². The van der Waals surface area contributed by atoms with Crippen molar-refractivity contribution >= 4 is 22.6 Å². The van der Waals surface area contributed by atoms with Crippen LogP contribution in [-0.4, -0.2) is 23.5 Å². The quantitative estimate of drug-likeness (QED) is 0.767. The number of ether oxygens (including phenoxy) is 1. The lowest BCUT2D eigenvalue weighted by Gasteiger charge is -2.03. The van der Waals surface area contributed by atoms with Crippen LogP contribution >= 0.6 is 0 Å². The van der Waals surface area contributed by atoms with Gasteiger partial charge in [-0.05, 0) is 24.3 Å². The van der Waals surface area contributed by atoms with E-state index in [2.05, 4.69) is 9.46 Å². The second-order valence-electron chi connectivity index (χ2n) is 2.63. The molecule has 0 saturated carbocycles. The number of hydrogen-bond donors (Lipinski definition) is 1. The molecule has 76 valence electrons. The van der Waals surface area contributed by atoms with Crippen molar-refractivity contribution in [2.75, 3.05) is 18.1 Å². The predicted molar refractivity (Wildman–Crippen MR) is 55.5 cm³/mol. The number of carbonyl (C=O) groups excluding carboxylic acids is 1. The first kappa shape index (κ1) is 10.7. The van der Waals surface area contributed by atoms with Gasteiger partial charge in [-0.3, -0.25) is 0 Å². The van der Waals surface area contributed by atoms with Gasteiger partial charge in [-0.2, -0.15) is 0 Å². The first-order valence-corrected chi connectivity index (χ1v) is 5.47. The molecule has 4 nitrogen and oxygen atoms in total. The first-order chi connectivity index (χ1) is 6.63. The van der Waals surface area contributed by atoms with Crippen LogP contribution in [0.1, 0.15) is 10.4 Å². The lowest BCUT2D eigenvalue weighted by molar-refractivity contribution is 0.0601. The van der Waals surface area contributed by atoms with E-state index in [1.807, 2.05) is 0 Å². The number of benzene rings is 1. The third-order valence-corrected chi connectivity index (χ3v) is 2.09. The van der Waals surface area contributed by atoms with Crippen molar-refractivity contribution in [2.45, 2.75) is 0 Å². The Balaban J connectivity index is 2.78. The molecule has 0 aliphatic rings. The van der Waals surface area contributed by atoms with Crippen molar-refractivity contribution < 1.29 is 13.7 Å². The summed E-state index contributed by atoms with van der Waals surface area (Å²) >= 11 is 0. The van der Waals surface area contributed by atoms with Gasteiger partial charge in [0.25, 0.3) is 0 Å². The van der Waals surface area contributed by atoms with Crippen molar-refractivity contribution in [1.82, 2.24) is 0 Å². The Morgan fingerprint density at radius 2 is 1.93 bits per heavy atom. The van der Waals surface area contributed by atoms with Crippen LogP contribution in [0, 0.1) is 0 Å². The molecule has 1 aromatic rings. The number of hydrogen-bond acceptors (Lipinski definition) is 3. The Hall–Kier alpha value is -1.36. The molecule has 1 atom stereocenters. The van der Waals surface area contributed by atoms with E-state index in [0.717, 1.165) is 0 Å². The molecule has 0 aromatic heterocycles. The Kier molecular flexibility index (Phi) is 3.64. The highest BCUT2D eigenvalue weighted by Crippen LogP contribution is 2.10. The van der Waals surface area contributed by atoms with Gasteiger partial charge in [-0.15, -0.1) is 0 Å². The van der Waals surface area contributed by atoms with E-state index in [0.29, 0.717) is 11.3 Å². The molecule has 0 saturated heterocycles. The molecule has 0 aliphatic heterocycles. The van der Waals surface area contributed by atoms with E-state index < -0.39 is 11.0 Å². The fraction of sp³-hybridized carbons (Fsp3) is 0.222. The molecule has 0 radical (unpaired) electrons. The molecule has 1 N–H and O–H groups in total. The molecule has 1 rings (SSSR count). The Labute approximate surface area is 84.9 Å². The zero-order chi connectivity index (χ0) is 10.6. The summed E-state index contributed by atoms with van der Waals surface area (Å²) < 4.78 is 18.0. The lowest BCUT2D eigenvalue weighted by Crippen LogP contribution is -2.03. The minimum Gasteiger partial charge on any atom is -0.465 e. The van der Waals surface area contributed by atoms with Crippen molar-refractivity contribution in [3.63, 3.8) is 0 Å². The molecule has 14 heavy (non-hydrogen) atoms. The maximum absolute atomic E-state index is 11.0. The summed E-state index contributed by atoms with van der Waals surface area (Å²) in [6.07, 6.45) is 1.54. The Morgan fingerprint density at radius 3 is 2.36 bits per heavy atom. The minimum absolute atomic E-state index is 0.380. The molecule has 0 bridgehead atoms. The molecule has 1 unspecified atom stereocenters. The molecule has 0 heterocycles. The highest BCUT2D eigenvalue weighted by molar-refractivity contribution is 7.85. The van der Waals surface area contributed by atoms with Crippen LogP contribution in [0.25, 0.3) is 0 Å². The molecule has 1 aromatic carbocycles. The maximum Gasteiger partial charge on any atom is 0.337 e.